The summed E-state index contributed by atoms with van der Waals surface area (Å²) in [7, 11) is 0. The van der Waals surface area contributed by atoms with E-state index in [4.69, 9.17) is 4.74 Å². The molecule has 2 amide bonds. The second kappa shape index (κ2) is 8.22. The van der Waals surface area contributed by atoms with Crippen LogP contribution < -0.4 is 0 Å². The smallest absolute Gasteiger partial charge is 0.262 e. The minimum atomic E-state index is 0.138. The summed E-state index contributed by atoms with van der Waals surface area (Å²) in [5, 5.41) is 0.973. The predicted molar refractivity (Wildman–Crippen MR) is 105 cm³/mol. The number of hydrogen-bond donors (Lipinski definition) is 0. The van der Waals surface area contributed by atoms with Crippen molar-refractivity contribution in [3.8, 4) is 0 Å². The van der Waals surface area contributed by atoms with Crippen molar-refractivity contribution in [1.29, 1.82) is 0 Å². The molecule has 0 aromatic rings. The van der Waals surface area contributed by atoms with Crippen LogP contribution in [0, 0.1) is 5.92 Å². The zero-order chi connectivity index (χ0) is 18.8. The molecule has 148 valence electrons. The standard InChI is InChI=1S/C19H28N4O3S/c1-14-17(27-19-20-6-8-23(14)19)18(25)22-7-2-3-15(13-22)4-5-16(24)21-9-11-26-12-10-21/h15H,2-13H2,1H3/t15-/m1/s1. The summed E-state index contributed by atoms with van der Waals surface area (Å²) >= 11 is 1.52. The van der Waals surface area contributed by atoms with Gasteiger partial charge in [0.15, 0.2) is 5.17 Å². The van der Waals surface area contributed by atoms with Gasteiger partial charge in [0.1, 0.15) is 0 Å². The average molecular weight is 393 g/mol. The highest BCUT2D eigenvalue weighted by atomic mass is 32.2. The van der Waals surface area contributed by atoms with Crippen molar-refractivity contribution in [2.75, 3.05) is 52.5 Å². The Balaban J connectivity index is 1.30. The number of rotatable bonds is 4. The molecule has 0 N–H and O–H groups in total. The summed E-state index contributed by atoms with van der Waals surface area (Å²) in [5.41, 5.74) is 1.05. The molecule has 0 radical (unpaired) electrons. The first-order valence-corrected chi connectivity index (χ1v) is 10.8. The van der Waals surface area contributed by atoms with Crippen LogP contribution in [0.3, 0.4) is 0 Å². The first-order valence-electron chi connectivity index (χ1n) is 9.99. The van der Waals surface area contributed by atoms with E-state index < -0.39 is 0 Å². The van der Waals surface area contributed by atoms with Crippen LogP contribution >= 0.6 is 11.8 Å². The number of nitrogens with zero attached hydrogens (tertiary/aromatic N) is 4. The highest BCUT2D eigenvalue weighted by Crippen LogP contribution is 2.38. The van der Waals surface area contributed by atoms with E-state index in [0.29, 0.717) is 38.6 Å². The Bertz CT molecular complexity index is 672. The van der Waals surface area contributed by atoms with Gasteiger partial charge in [-0.1, -0.05) is 0 Å². The van der Waals surface area contributed by atoms with Crippen LogP contribution in [-0.4, -0.2) is 84.2 Å². The lowest BCUT2D eigenvalue weighted by molar-refractivity contribution is -0.135. The van der Waals surface area contributed by atoms with Crippen LogP contribution in [0.2, 0.25) is 0 Å². The molecule has 27 heavy (non-hydrogen) atoms. The molecule has 4 heterocycles. The lowest BCUT2D eigenvalue weighted by Gasteiger charge is -2.33. The van der Waals surface area contributed by atoms with Crippen LogP contribution in [0.25, 0.3) is 0 Å². The molecule has 1 atom stereocenters. The molecule has 4 rings (SSSR count). The van der Waals surface area contributed by atoms with Crippen LogP contribution in [0.4, 0.5) is 0 Å². The van der Waals surface area contributed by atoms with Crippen molar-refractivity contribution in [1.82, 2.24) is 14.7 Å². The molecule has 0 aromatic carbocycles. The van der Waals surface area contributed by atoms with Crippen molar-refractivity contribution in [2.24, 2.45) is 10.9 Å². The van der Waals surface area contributed by atoms with Gasteiger partial charge in [0.2, 0.25) is 5.91 Å². The summed E-state index contributed by atoms with van der Waals surface area (Å²) in [5.74, 6) is 0.779. The first-order chi connectivity index (χ1) is 13.1. The van der Waals surface area contributed by atoms with Gasteiger partial charge in [0.25, 0.3) is 5.91 Å². The molecule has 4 aliphatic rings. The van der Waals surface area contributed by atoms with Gasteiger partial charge in [-0.3, -0.25) is 14.6 Å². The molecule has 0 bridgehead atoms. The Morgan fingerprint density at radius 1 is 1.19 bits per heavy atom. The number of piperidine rings is 1. The number of allylic oxidation sites excluding steroid dienone is 1. The van der Waals surface area contributed by atoms with E-state index >= 15 is 0 Å². The van der Waals surface area contributed by atoms with Crippen LogP contribution in [-0.2, 0) is 14.3 Å². The quantitative estimate of drug-likeness (QED) is 0.726. The monoisotopic (exact) mass is 392 g/mol. The second-order valence-electron chi connectivity index (χ2n) is 7.62. The summed E-state index contributed by atoms with van der Waals surface area (Å²) in [4.78, 5) is 36.8. The number of amidine groups is 1. The first kappa shape index (κ1) is 18.8. The summed E-state index contributed by atoms with van der Waals surface area (Å²) < 4.78 is 5.31. The zero-order valence-corrected chi connectivity index (χ0v) is 16.8. The fourth-order valence-electron chi connectivity index (χ4n) is 4.24. The largest absolute Gasteiger partial charge is 0.378 e. The second-order valence-corrected chi connectivity index (χ2v) is 8.60. The molecule has 2 fully saturated rings. The average Bonchev–Trinajstić information content (AvgIpc) is 3.29. The third kappa shape index (κ3) is 4.01. The number of fused-ring (bicyclic) bond motifs is 1. The van der Waals surface area contributed by atoms with E-state index in [2.05, 4.69) is 9.89 Å². The Labute approximate surface area is 164 Å². The van der Waals surface area contributed by atoms with Crippen molar-refractivity contribution in [3.63, 3.8) is 0 Å². The molecule has 7 nitrogen and oxygen atoms in total. The zero-order valence-electron chi connectivity index (χ0n) is 16.0. The van der Waals surface area contributed by atoms with Crippen molar-refractivity contribution in [2.45, 2.75) is 32.6 Å². The van der Waals surface area contributed by atoms with Crippen LogP contribution in [0.15, 0.2) is 15.6 Å². The number of hydrogen-bond acceptors (Lipinski definition) is 6. The molecule has 0 saturated carbocycles. The Kier molecular flexibility index (Phi) is 5.73. The Morgan fingerprint density at radius 3 is 2.78 bits per heavy atom. The van der Waals surface area contributed by atoms with Gasteiger partial charge in [-0.05, 0) is 43.9 Å². The van der Waals surface area contributed by atoms with Gasteiger partial charge in [0, 0.05) is 44.8 Å². The van der Waals surface area contributed by atoms with Gasteiger partial charge in [-0.15, -0.1) is 0 Å². The highest BCUT2D eigenvalue weighted by molar-refractivity contribution is 8.18. The van der Waals surface area contributed by atoms with Crippen molar-refractivity contribution in [3.05, 3.63) is 10.6 Å². The normalized spacial score (nSPS) is 25.7. The molecule has 8 heteroatoms. The van der Waals surface area contributed by atoms with Gasteiger partial charge in [0.05, 0.1) is 24.7 Å². The number of morpholine rings is 1. The summed E-state index contributed by atoms with van der Waals surface area (Å²) in [6, 6.07) is 0. The summed E-state index contributed by atoms with van der Waals surface area (Å²) in [6.45, 7) is 8.02. The van der Waals surface area contributed by atoms with Crippen molar-refractivity contribution >= 4 is 28.7 Å². The fraction of sp³-hybridized carbons (Fsp3) is 0.737. The molecular formula is C19H28N4O3S. The Morgan fingerprint density at radius 2 is 2.00 bits per heavy atom. The number of likely N-dealkylation sites (tertiary alicyclic amines) is 1. The Hall–Kier alpha value is -1.54. The number of thioether (sulfide) groups is 1. The van der Waals surface area contributed by atoms with Crippen LogP contribution in [0.1, 0.15) is 32.6 Å². The molecule has 2 saturated heterocycles. The molecule has 4 aliphatic heterocycles. The van der Waals surface area contributed by atoms with Gasteiger partial charge in [-0.2, -0.15) is 0 Å². The van der Waals surface area contributed by atoms with E-state index in [1.54, 1.807) is 0 Å². The van der Waals surface area contributed by atoms with E-state index in [-0.39, 0.29) is 11.8 Å². The summed E-state index contributed by atoms with van der Waals surface area (Å²) in [6.07, 6.45) is 3.56. The van der Waals surface area contributed by atoms with Gasteiger partial charge in [-0.25, -0.2) is 0 Å². The maximum atomic E-state index is 13.0. The lowest BCUT2D eigenvalue weighted by atomic mass is 9.93. The lowest BCUT2D eigenvalue weighted by Crippen LogP contribution is -2.42. The molecule has 0 unspecified atom stereocenters. The van der Waals surface area contributed by atoms with E-state index in [1.807, 2.05) is 16.7 Å². The van der Waals surface area contributed by atoms with E-state index in [9.17, 15) is 9.59 Å². The van der Waals surface area contributed by atoms with E-state index in [0.717, 1.165) is 61.2 Å². The topological polar surface area (TPSA) is 65.5 Å². The molecule has 0 aromatic heterocycles. The number of carbonyl (C=O) groups excluding carboxylic acids is 2. The molecule has 0 spiro atoms. The van der Waals surface area contributed by atoms with Crippen LogP contribution in [0.5, 0.6) is 0 Å². The van der Waals surface area contributed by atoms with Crippen molar-refractivity contribution < 1.29 is 14.3 Å². The fourth-order valence-corrected chi connectivity index (χ4v) is 5.39. The van der Waals surface area contributed by atoms with E-state index in [1.165, 1.54) is 11.8 Å². The molecular weight excluding hydrogens is 364 g/mol. The third-order valence-electron chi connectivity index (χ3n) is 5.86. The minimum absolute atomic E-state index is 0.138. The van der Waals surface area contributed by atoms with Gasteiger partial charge >= 0.3 is 0 Å². The third-order valence-corrected chi connectivity index (χ3v) is 7.07. The highest BCUT2D eigenvalue weighted by Gasteiger charge is 2.36. The number of ether oxygens (including phenoxy) is 1. The number of carbonyl (C=O) groups is 2. The maximum absolute atomic E-state index is 13.0. The van der Waals surface area contributed by atoms with Gasteiger partial charge < -0.3 is 19.4 Å². The minimum Gasteiger partial charge on any atom is -0.378 e. The predicted octanol–water partition coefficient (Wildman–Crippen LogP) is 1.51. The maximum Gasteiger partial charge on any atom is 0.262 e. The number of aliphatic imine (C=N–C) groups is 1. The SMILES string of the molecule is CC1=C(C(=O)N2CCC[C@H](CCC(=O)N3CCOCC3)C2)SC2=NCCN21. The number of amides is 2. The molecule has 0 aliphatic carbocycles.